The van der Waals surface area contributed by atoms with Gasteiger partial charge in [0.2, 0.25) is 5.88 Å². The summed E-state index contributed by atoms with van der Waals surface area (Å²) in [5.41, 5.74) is 1.29. The quantitative estimate of drug-likeness (QED) is 0.811. The lowest BCUT2D eigenvalue weighted by Gasteiger charge is -2.18. The van der Waals surface area contributed by atoms with Crippen molar-refractivity contribution in [2.24, 2.45) is 0 Å². The van der Waals surface area contributed by atoms with E-state index >= 15 is 0 Å². The van der Waals surface area contributed by atoms with E-state index < -0.39 is 5.60 Å². The number of aryl methyl sites for hydroxylation is 2. The fraction of sp³-hybridized carbons (Fsp3) is 0.444. The van der Waals surface area contributed by atoms with Crippen LogP contribution in [0.3, 0.4) is 0 Å². The molecule has 2 aromatic heterocycles. The molecule has 0 bridgehead atoms. The Morgan fingerprint density at radius 2 is 1.96 bits per heavy atom. The molecule has 2 aromatic rings. The number of hydrogen-bond donors (Lipinski definition) is 2. The zero-order valence-electron chi connectivity index (χ0n) is 14.5. The van der Waals surface area contributed by atoms with Crippen molar-refractivity contribution in [2.45, 2.75) is 46.3 Å². The maximum atomic E-state index is 9.74. The molecule has 0 aromatic carbocycles. The first kappa shape index (κ1) is 18.0. The Hall–Kier alpha value is -2.34. The van der Waals surface area contributed by atoms with Crippen LogP contribution in [0.25, 0.3) is 0 Å². The minimum Gasteiger partial charge on any atom is -0.506 e. The Labute approximate surface area is 142 Å². The van der Waals surface area contributed by atoms with Gasteiger partial charge in [-0.05, 0) is 45.4 Å². The molecule has 2 N–H and O–H groups in total. The van der Waals surface area contributed by atoms with Gasteiger partial charge in [-0.15, -0.1) is 0 Å². The van der Waals surface area contributed by atoms with Gasteiger partial charge in [0.15, 0.2) is 0 Å². The van der Waals surface area contributed by atoms with Crippen molar-refractivity contribution in [3.63, 3.8) is 0 Å². The highest BCUT2D eigenvalue weighted by molar-refractivity contribution is 5.39. The summed E-state index contributed by atoms with van der Waals surface area (Å²) in [6, 6.07) is 5.03. The maximum absolute atomic E-state index is 9.74. The number of ether oxygens (including phenoxy) is 2. The molecule has 24 heavy (non-hydrogen) atoms. The monoisotopic (exact) mass is 332 g/mol. The molecular formula is C18H24N2O4. The van der Waals surface area contributed by atoms with Crippen molar-refractivity contribution >= 4 is 0 Å². The Balaban J connectivity index is 2.03. The maximum Gasteiger partial charge on any atom is 0.213 e. The van der Waals surface area contributed by atoms with Crippen LogP contribution in [0.4, 0.5) is 0 Å². The van der Waals surface area contributed by atoms with Gasteiger partial charge in [0.1, 0.15) is 23.8 Å². The molecular weight excluding hydrogens is 308 g/mol. The molecule has 0 atom stereocenters. The number of rotatable bonds is 7. The van der Waals surface area contributed by atoms with E-state index in [1.54, 1.807) is 38.2 Å². The second kappa shape index (κ2) is 7.49. The number of hydrogen-bond acceptors (Lipinski definition) is 6. The van der Waals surface area contributed by atoms with Crippen LogP contribution in [0.5, 0.6) is 17.4 Å². The van der Waals surface area contributed by atoms with Gasteiger partial charge in [-0.3, -0.25) is 4.98 Å². The van der Waals surface area contributed by atoms with Crippen LogP contribution in [-0.4, -0.2) is 32.4 Å². The van der Waals surface area contributed by atoms with E-state index in [1.807, 2.05) is 13.8 Å². The highest BCUT2D eigenvalue weighted by atomic mass is 16.5. The van der Waals surface area contributed by atoms with E-state index in [0.29, 0.717) is 36.0 Å². The standard InChI is InChI=1S/C18H24N2O4/c1-12-10-16(23-9-7-18(3,4)22)20-13(2)17(12)24-11-14-15(21)6-5-8-19-14/h5-6,8,10,21-22H,7,9,11H2,1-4H3. The van der Waals surface area contributed by atoms with Crippen molar-refractivity contribution in [2.75, 3.05) is 6.61 Å². The topological polar surface area (TPSA) is 84.7 Å². The second-order valence-electron chi connectivity index (χ2n) is 6.36. The van der Waals surface area contributed by atoms with Crippen LogP contribution < -0.4 is 9.47 Å². The van der Waals surface area contributed by atoms with Crippen molar-refractivity contribution in [1.29, 1.82) is 0 Å². The van der Waals surface area contributed by atoms with Crippen LogP contribution in [-0.2, 0) is 6.61 Å². The first-order valence-corrected chi connectivity index (χ1v) is 7.85. The molecule has 0 aliphatic carbocycles. The lowest BCUT2D eigenvalue weighted by Crippen LogP contribution is -2.22. The summed E-state index contributed by atoms with van der Waals surface area (Å²) in [6.45, 7) is 7.77. The molecule has 6 nitrogen and oxygen atoms in total. The second-order valence-corrected chi connectivity index (χ2v) is 6.36. The van der Waals surface area contributed by atoms with Gasteiger partial charge in [-0.25, -0.2) is 4.98 Å². The Bertz CT molecular complexity index is 673. The van der Waals surface area contributed by atoms with E-state index in [0.717, 1.165) is 5.56 Å². The molecule has 2 rings (SSSR count). The fourth-order valence-corrected chi connectivity index (χ4v) is 2.16. The predicted molar refractivity (Wildman–Crippen MR) is 90.4 cm³/mol. The zero-order valence-corrected chi connectivity index (χ0v) is 14.5. The molecule has 0 radical (unpaired) electrons. The summed E-state index contributed by atoms with van der Waals surface area (Å²) in [4.78, 5) is 8.47. The molecule has 0 fully saturated rings. The third-order valence-electron chi connectivity index (χ3n) is 3.49. The normalized spacial score (nSPS) is 11.4. The van der Waals surface area contributed by atoms with E-state index in [9.17, 15) is 10.2 Å². The minimum absolute atomic E-state index is 0.104. The Morgan fingerprint density at radius 3 is 2.58 bits per heavy atom. The molecule has 0 saturated heterocycles. The summed E-state index contributed by atoms with van der Waals surface area (Å²) in [6.07, 6.45) is 2.12. The largest absolute Gasteiger partial charge is 0.506 e. The average molecular weight is 332 g/mol. The average Bonchev–Trinajstić information content (AvgIpc) is 2.47. The highest BCUT2D eigenvalue weighted by Crippen LogP contribution is 2.27. The summed E-state index contributed by atoms with van der Waals surface area (Å²) in [7, 11) is 0. The number of nitrogens with zero attached hydrogens (tertiary/aromatic N) is 2. The molecule has 0 aliphatic rings. The lowest BCUT2D eigenvalue weighted by atomic mass is 10.1. The highest BCUT2D eigenvalue weighted by Gasteiger charge is 2.14. The van der Waals surface area contributed by atoms with Crippen LogP contribution in [0.1, 0.15) is 37.2 Å². The molecule has 0 aliphatic heterocycles. The van der Waals surface area contributed by atoms with Crippen LogP contribution in [0, 0.1) is 13.8 Å². The summed E-state index contributed by atoms with van der Waals surface area (Å²) < 4.78 is 11.4. The molecule has 130 valence electrons. The van der Waals surface area contributed by atoms with Crippen molar-refractivity contribution in [1.82, 2.24) is 9.97 Å². The van der Waals surface area contributed by atoms with Gasteiger partial charge in [0.25, 0.3) is 0 Å². The SMILES string of the molecule is Cc1cc(OCCC(C)(C)O)nc(C)c1OCc1ncccc1O. The van der Waals surface area contributed by atoms with E-state index in [4.69, 9.17) is 9.47 Å². The first-order valence-electron chi connectivity index (χ1n) is 7.85. The van der Waals surface area contributed by atoms with Gasteiger partial charge in [0.05, 0.1) is 17.9 Å². The van der Waals surface area contributed by atoms with Gasteiger partial charge in [0, 0.05) is 18.7 Å². The third-order valence-corrected chi connectivity index (χ3v) is 3.49. The van der Waals surface area contributed by atoms with E-state index in [1.165, 1.54) is 0 Å². The third kappa shape index (κ3) is 5.09. The molecule has 0 unspecified atom stereocenters. The lowest BCUT2D eigenvalue weighted by molar-refractivity contribution is 0.0546. The number of aliphatic hydroxyl groups is 1. The first-order chi connectivity index (χ1) is 11.3. The van der Waals surface area contributed by atoms with Crippen molar-refractivity contribution in [3.05, 3.63) is 41.3 Å². The predicted octanol–water partition coefficient (Wildman–Crippen LogP) is 2.92. The van der Waals surface area contributed by atoms with Crippen LogP contribution in [0.15, 0.2) is 24.4 Å². The van der Waals surface area contributed by atoms with E-state index in [2.05, 4.69) is 9.97 Å². The van der Waals surface area contributed by atoms with Gasteiger partial charge >= 0.3 is 0 Å². The molecule has 6 heteroatoms. The Kier molecular flexibility index (Phi) is 5.62. The fourth-order valence-electron chi connectivity index (χ4n) is 2.16. The molecule has 2 heterocycles. The van der Waals surface area contributed by atoms with E-state index in [-0.39, 0.29) is 12.4 Å². The van der Waals surface area contributed by atoms with Crippen LogP contribution >= 0.6 is 0 Å². The minimum atomic E-state index is -0.766. The van der Waals surface area contributed by atoms with Crippen molar-refractivity contribution in [3.8, 4) is 17.4 Å². The smallest absolute Gasteiger partial charge is 0.213 e. The zero-order chi connectivity index (χ0) is 17.7. The van der Waals surface area contributed by atoms with Crippen molar-refractivity contribution < 1.29 is 19.7 Å². The Morgan fingerprint density at radius 1 is 1.21 bits per heavy atom. The van der Waals surface area contributed by atoms with Gasteiger partial charge < -0.3 is 19.7 Å². The number of aromatic hydroxyl groups is 1. The number of aromatic nitrogens is 2. The summed E-state index contributed by atoms with van der Waals surface area (Å²) in [5.74, 6) is 1.25. The summed E-state index contributed by atoms with van der Waals surface area (Å²) >= 11 is 0. The molecule has 0 spiro atoms. The van der Waals surface area contributed by atoms with Crippen LogP contribution in [0.2, 0.25) is 0 Å². The van der Waals surface area contributed by atoms with Gasteiger partial charge in [-0.2, -0.15) is 0 Å². The molecule has 0 saturated carbocycles. The number of pyridine rings is 2. The van der Waals surface area contributed by atoms with Gasteiger partial charge in [-0.1, -0.05) is 0 Å². The molecule has 0 amide bonds. The summed E-state index contributed by atoms with van der Waals surface area (Å²) in [5, 5.41) is 19.4.